The average molecular weight is 235 g/mol. The fraction of sp³-hybridized carbons (Fsp3) is 0.333. The number of rotatable bonds is 5. The molecular weight excluding hydrogens is 218 g/mol. The molecule has 0 bridgehead atoms. The minimum Gasteiger partial charge on any atom is -0.382 e. The van der Waals surface area contributed by atoms with E-state index < -0.39 is 0 Å². The highest BCUT2D eigenvalue weighted by atomic mass is 16.1. The number of hydrogen-bond acceptors (Lipinski definition) is 3. The molecule has 0 aromatic heterocycles. The van der Waals surface area contributed by atoms with Crippen LogP contribution < -0.4 is 16.4 Å². The molecule has 17 heavy (non-hydrogen) atoms. The molecule has 0 aliphatic carbocycles. The second-order valence-corrected chi connectivity index (χ2v) is 3.98. The minimum absolute atomic E-state index is 0.0416. The molecule has 0 aliphatic heterocycles. The normalized spacial score (nSPS) is 11.6. The Bertz CT molecular complexity index is 418. The zero-order valence-electron chi connectivity index (χ0n) is 9.99. The van der Waals surface area contributed by atoms with E-state index in [2.05, 4.69) is 10.6 Å². The monoisotopic (exact) mass is 235 g/mol. The Hall–Kier alpha value is -2.04. The smallest absolute Gasteiger partial charge is 0.221 e. The van der Waals surface area contributed by atoms with Gasteiger partial charge in [0.05, 0.1) is 0 Å². The molecule has 5 heteroatoms. The van der Waals surface area contributed by atoms with Crippen molar-refractivity contribution in [3.63, 3.8) is 0 Å². The molecule has 5 nitrogen and oxygen atoms in total. The molecule has 92 valence electrons. The summed E-state index contributed by atoms with van der Waals surface area (Å²) in [7, 11) is 0. The highest BCUT2D eigenvalue weighted by molar-refractivity contribution is 5.89. The van der Waals surface area contributed by atoms with Gasteiger partial charge in [-0.1, -0.05) is 6.07 Å². The Balaban J connectivity index is 2.65. The van der Waals surface area contributed by atoms with Gasteiger partial charge in [-0.15, -0.1) is 0 Å². The van der Waals surface area contributed by atoms with Gasteiger partial charge in [0.1, 0.15) is 0 Å². The van der Waals surface area contributed by atoms with Gasteiger partial charge in [0, 0.05) is 30.8 Å². The van der Waals surface area contributed by atoms with E-state index in [1.54, 1.807) is 12.1 Å². The van der Waals surface area contributed by atoms with Crippen LogP contribution in [0.5, 0.6) is 0 Å². The molecule has 0 heterocycles. The first kappa shape index (κ1) is 13.0. The van der Waals surface area contributed by atoms with E-state index in [4.69, 9.17) is 5.73 Å². The van der Waals surface area contributed by atoms with E-state index in [-0.39, 0.29) is 24.3 Å². The lowest BCUT2D eigenvalue weighted by Gasteiger charge is -2.14. The number of anilines is 2. The van der Waals surface area contributed by atoms with Gasteiger partial charge in [-0.25, -0.2) is 0 Å². The number of carbonyl (C=O) groups excluding carboxylic acids is 2. The number of carbonyl (C=O) groups is 2. The lowest BCUT2D eigenvalue weighted by atomic mass is 10.2. The summed E-state index contributed by atoms with van der Waals surface area (Å²) in [5, 5.41) is 5.82. The molecule has 0 radical (unpaired) electrons. The number of amides is 2. The quantitative estimate of drug-likeness (QED) is 0.719. The van der Waals surface area contributed by atoms with E-state index >= 15 is 0 Å². The van der Waals surface area contributed by atoms with Gasteiger partial charge in [-0.05, 0) is 25.1 Å². The second kappa shape index (κ2) is 5.89. The summed E-state index contributed by atoms with van der Waals surface area (Å²) in [5.74, 6) is -0.463. The van der Waals surface area contributed by atoms with Crippen molar-refractivity contribution in [2.24, 2.45) is 5.73 Å². The lowest BCUT2D eigenvalue weighted by Crippen LogP contribution is -2.24. The van der Waals surface area contributed by atoms with Crippen molar-refractivity contribution in [3.05, 3.63) is 24.3 Å². The molecule has 0 saturated carbocycles. The summed E-state index contributed by atoms with van der Waals surface area (Å²) in [6, 6.07) is 7.25. The van der Waals surface area contributed by atoms with Crippen molar-refractivity contribution in [2.45, 2.75) is 26.3 Å². The van der Waals surface area contributed by atoms with Crippen LogP contribution in [0, 0.1) is 0 Å². The zero-order chi connectivity index (χ0) is 12.8. The zero-order valence-corrected chi connectivity index (χ0v) is 9.99. The van der Waals surface area contributed by atoms with E-state index in [1.165, 1.54) is 6.92 Å². The Morgan fingerprint density at radius 3 is 2.59 bits per heavy atom. The van der Waals surface area contributed by atoms with Crippen LogP contribution in [0.1, 0.15) is 20.3 Å². The Morgan fingerprint density at radius 2 is 2.00 bits per heavy atom. The van der Waals surface area contributed by atoms with Crippen molar-refractivity contribution in [1.29, 1.82) is 0 Å². The average Bonchev–Trinajstić information content (AvgIpc) is 2.14. The molecule has 0 fully saturated rings. The van der Waals surface area contributed by atoms with E-state index in [0.29, 0.717) is 5.69 Å². The predicted molar refractivity (Wildman–Crippen MR) is 67.6 cm³/mol. The summed E-state index contributed by atoms with van der Waals surface area (Å²) in [6.07, 6.45) is 0.268. The maximum absolute atomic E-state index is 10.9. The van der Waals surface area contributed by atoms with Crippen LogP contribution in [0.4, 0.5) is 11.4 Å². The highest BCUT2D eigenvalue weighted by Gasteiger charge is 2.06. The molecule has 1 aromatic rings. The first-order valence-corrected chi connectivity index (χ1v) is 5.40. The molecule has 0 saturated heterocycles. The third-order valence-corrected chi connectivity index (χ3v) is 2.10. The van der Waals surface area contributed by atoms with Gasteiger partial charge in [0.15, 0.2) is 0 Å². The third-order valence-electron chi connectivity index (χ3n) is 2.10. The molecule has 0 aliphatic rings. The molecule has 2 amide bonds. The number of nitrogens with two attached hydrogens (primary N) is 1. The van der Waals surface area contributed by atoms with Crippen LogP contribution in [0.25, 0.3) is 0 Å². The topological polar surface area (TPSA) is 84.2 Å². The molecule has 1 aromatic carbocycles. The lowest BCUT2D eigenvalue weighted by molar-refractivity contribution is -0.118. The van der Waals surface area contributed by atoms with Gasteiger partial charge in [0.2, 0.25) is 11.8 Å². The number of primary amides is 1. The van der Waals surface area contributed by atoms with E-state index in [1.807, 2.05) is 19.1 Å². The van der Waals surface area contributed by atoms with Gasteiger partial charge >= 0.3 is 0 Å². The van der Waals surface area contributed by atoms with Gasteiger partial charge in [-0.2, -0.15) is 0 Å². The van der Waals surface area contributed by atoms with Crippen molar-refractivity contribution < 1.29 is 9.59 Å². The summed E-state index contributed by atoms with van der Waals surface area (Å²) in [4.78, 5) is 21.6. The second-order valence-electron chi connectivity index (χ2n) is 3.98. The van der Waals surface area contributed by atoms with Crippen LogP contribution in [0.2, 0.25) is 0 Å². The minimum atomic E-state index is -0.344. The number of nitrogens with one attached hydrogen (secondary N) is 2. The standard InChI is InChI=1S/C12H17N3O2/c1-8(6-12(13)17)14-10-4-3-5-11(7-10)15-9(2)16/h3-5,7-8,14H,6H2,1-2H3,(H2,13,17)(H,15,16). The van der Waals surface area contributed by atoms with Gasteiger partial charge < -0.3 is 16.4 Å². The maximum atomic E-state index is 10.9. The summed E-state index contributed by atoms with van der Waals surface area (Å²) in [6.45, 7) is 3.33. The van der Waals surface area contributed by atoms with Crippen molar-refractivity contribution in [3.8, 4) is 0 Å². The molecule has 0 spiro atoms. The fourth-order valence-electron chi connectivity index (χ4n) is 1.53. The van der Waals surface area contributed by atoms with E-state index in [0.717, 1.165) is 5.69 Å². The predicted octanol–water partition coefficient (Wildman–Crippen LogP) is 1.32. The van der Waals surface area contributed by atoms with Crippen LogP contribution in [-0.2, 0) is 9.59 Å². The first-order valence-electron chi connectivity index (χ1n) is 5.40. The van der Waals surface area contributed by atoms with Gasteiger partial charge in [-0.3, -0.25) is 9.59 Å². The third kappa shape index (κ3) is 5.01. The molecule has 1 rings (SSSR count). The number of hydrogen-bond donors (Lipinski definition) is 3. The van der Waals surface area contributed by atoms with Gasteiger partial charge in [0.25, 0.3) is 0 Å². The first-order chi connectivity index (χ1) is 7.97. The van der Waals surface area contributed by atoms with E-state index in [9.17, 15) is 9.59 Å². The summed E-state index contributed by atoms with van der Waals surface area (Å²) in [5.41, 5.74) is 6.66. The molecular formula is C12H17N3O2. The van der Waals surface area contributed by atoms with Crippen LogP contribution in [0.15, 0.2) is 24.3 Å². The summed E-state index contributed by atoms with van der Waals surface area (Å²) >= 11 is 0. The SMILES string of the molecule is CC(=O)Nc1cccc(NC(C)CC(N)=O)c1. The summed E-state index contributed by atoms with van der Waals surface area (Å²) < 4.78 is 0. The molecule has 4 N–H and O–H groups in total. The Morgan fingerprint density at radius 1 is 1.35 bits per heavy atom. The highest BCUT2D eigenvalue weighted by Crippen LogP contribution is 2.16. The van der Waals surface area contributed by atoms with Crippen LogP contribution >= 0.6 is 0 Å². The Kier molecular flexibility index (Phi) is 4.51. The van der Waals surface area contributed by atoms with Crippen molar-refractivity contribution >= 4 is 23.2 Å². The molecule has 1 atom stereocenters. The molecule has 1 unspecified atom stereocenters. The van der Waals surface area contributed by atoms with Crippen molar-refractivity contribution in [2.75, 3.05) is 10.6 Å². The van der Waals surface area contributed by atoms with Crippen LogP contribution in [-0.4, -0.2) is 17.9 Å². The van der Waals surface area contributed by atoms with Crippen molar-refractivity contribution in [1.82, 2.24) is 0 Å². The number of benzene rings is 1. The van der Waals surface area contributed by atoms with Crippen LogP contribution in [0.3, 0.4) is 0 Å². The maximum Gasteiger partial charge on any atom is 0.221 e. The largest absolute Gasteiger partial charge is 0.382 e. The fourth-order valence-corrected chi connectivity index (χ4v) is 1.53. The Labute approximate surface area is 100 Å².